The molecule has 1 aromatic heterocycles. The average molecular weight is 438 g/mol. The van der Waals surface area contributed by atoms with Crippen LogP contribution in [-0.4, -0.2) is 51.7 Å². The Morgan fingerprint density at radius 1 is 1.16 bits per heavy atom. The number of likely N-dealkylation sites (tertiary alicyclic amines) is 1. The quantitative estimate of drug-likeness (QED) is 0.539. The minimum Gasteiger partial charge on any atom is -0.489 e. The van der Waals surface area contributed by atoms with Crippen molar-refractivity contribution >= 4 is 28.9 Å². The first-order chi connectivity index (χ1) is 15.3. The number of hydrogen-bond acceptors (Lipinski definition) is 5. The van der Waals surface area contributed by atoms with Crippen LogP contribution in [0.4, 0.5) is 4.79 Å². The van der Waals surface area contributed by atoms with Crippen molar-refractivity contribution in [2.75, 3.05) is 6.54 Å². The summed E-state index contributed by atoms with van der Waals surface area (Å²) >= 11 is 0. The second-order valence-corrected chi connectivity index (χ2v) is 7.66. The van der Waals surface area contributed by atoms with Crippen LogP contribution in [0, 0.1) is 6.92 Å². The summed E-state index contributed by atoms with van der Waals surface area (Å²) < 4.78 is 11.6. The molecule has 3 aromatic rings. The van der Waals surface area contributed by atoms with Crippen molar-refractivity contribution in [3.63, 3.8) is 0 Å². The number of fused-ring (bicyclic) bond motifs is 1. The Hall–Kier alpha value is -4.01. The molecule has 32 heavy (non-hydrogen) atoms. The smallest absolute Gasteiger partial charge is 0.408 e. The Kier molecular flexibility index (Phi) is 5.72. The minimum atomic E-state index is -1.33. The third-order valence-electron chi connectivity index (χ3n) is 5.48. The van der Waals surface area contributed by atoms with Gasteiger partial charge in [-0.2, -0.15) is 0 Å². The van der Waals surface area contributed by atoms with Gasteiger partial charge in [-0.3, -0.25) is 9.69 Å². The van der Waals surface area contributed by atoms with Gasteiger partial charge in [0.05, 0.1) is 5.56 Å². The van der Waals surface area contributed by atoms with E-state index in [9.17, 15) is 24.6 Å². The topological polar surface area (TPSA) is 129 Å². The third-order valence-corrected chi connectivity index (χ3v) is 5.48. The van der Waals surface area contributed by atoms with Crippen molar-refractivity contribution in [2.24, 2.45) is 0 Å². The Balaban J connectivity index is 1.53. The number of carboxylic acids is 1. The van der Waals surface area contributed by atoms with Gasteiger partial charge in [-0.05, 0) is 30.7 Å². The van der Waals surface area contributed by atoms with Crippen LogP contribution in [0.5, 0.6) is 5.75 Å². The second kappa shape index (κ2) is 8.62. The Labute approximate surface area is 183 Å². The van der Waals surface area contributed by atoms with E-state index in [1.165, 1.54) is 0 Å². The molecular weight excluding hydrogens is 416 g/mol. The van der Waals surface area contributed by atoms with Crippen LogP contribution in [0.25, 0.3) is 11.0 Å². The first kappa shape index (κ1) is 21.2. The highest BCUT2D eigenvalue weighted by Crippen LogP contribution is 2.30. The molecule has 4 rings (SSSR count). The predicted molar refractivity (Wildman–Crippen MR) is 114 cm³/mol. The molecule has 2 unspecified atom stereocenters. The average Bonchev–Trinajstić information content (AvgIpc) is 3.33. The summed E-state index contributed by atoms with van der Waals surface area (Å²) in [6.45, 7) is 1.93. The molecule has 0 aliphatic carbocycles. The van der Waals surface area contributed by atoms with Crippen molar-refractivity contribution in [3.05, 3.63) is 65.4 Å². The zero-order valence-corrected chi connectivity index (χ0v) is 17.3. The highest BCUT2D eigenvalue weighted by molar-refractivity contribution is 6.07. The summed E-state index contributed by atoms with van der Waals surface area (Å²) in [6.07, 6.45) is -1.34. The summed E-state index contributed by atoms with van der Waals surface area (Å²) in [5, 5.41) is 21.8. The molecule has 0 radical (unpaired) electrons. The number of nitrogens with one attached hydrogen (secondary N) is 1. The molecular formula is C23H22N2O7. The third kappa shape index (κ3) is 4.22. The number of amides is 2. The maximum atomic E-state index is 13.0. The van der Waals surface area contributed by atoms with Crippen LogP contribution < -0.4 is 10.1 Å². The molecule has 2 amide bonds. The lowest BCUT2D eigenvalue weighted by molar-refractivity contribution is -0.141. The number of carbonyl (C=O) groups excluding carboxylic acids is 1. The Morgan fingerprint density at radius 3 is 2.56 bits per heavy atom. The van der Waals surface area contributed by atoms with Crippen LogP contribution in [-0.2, 0) is 11.4 Å². The van der Waals surface area contributed by atoms with Gasteiger partial charge in [-0.1, -0.05) is 30.3 Å². The first-order valence-electron chi connectivity index (χ1n) is 10.1. The zero-order valence-electron chi connectivity index (χ0n) is 17.3. The predicted octanol–water partition coefficient (Wildman–Crippen LogP) is 3.26. The van der Waals surface area contributed by atoms with Gasteiger partial charge in [0.25, 0.3) is 5.91 Å². The van der Waals surface area contributed by atoms with Gasteiger partial charge in [0, 0.05) is 24.4 Å². The van der Waals surface area contributed by atoms with Crippen molar-refractivity contribution in [2.45, 2.75) is 32.0 Å². The number of furan rings is 1. The molecule has 2 atom stereocenters. The second-order valence-electron chi connectivity index (χ2n) is 7.66. The van der Waals surface area contributed by atoms with E-state index in [4.69, 9.17) is 9.15 Å². The molecule has 9 nitrogen and oxygen atoms in total. The zero-order chi connectivity index (χ0) is 22.8. The molecule has 1 fully saturated rings. The number of carboxylic acid groups (broad SMARTS) is 2. The summed E-state index contributed by atoms with van der Waals surface area (Å²) in [7, 11) is 0. The summed E-state index contributed by atoms with van der Waals surface area (Å²) in [4.78, 5) is 36.5. The standard InChI is InChI=1S/C23H22N2O7/c1-13-20(21(26)24-15-9-18(22(27)28)25(11-15)23(29)30)17-10-16(7-8-19(17)32-13)31-12-14-5-3-2-4-6-14/h2-8,10,15,18H,9,11-12H2,1H3,(H,24,26)(H,27,28)(H,29,30). The van der Waals surface area contributed by atoms with Gasteiger partial charge < -0.3 is 24.7 Å². The minimum absolute atomic E-state index is 0.00631. The van der Waals surface area contributed by atoms with E-state index in [1.807, 2.05) is 30.3 Å². The number of carbonyl (C=O) groups is 3. The van der Waals surface area contributed by atoms with E-state index < -0.39 is 30.1 Å². The maximum absolute atomic E-state index is 13.0. The molecule has 166 valence electrons. The van der Waals surface area contributed by atoms with Crippen molar-refractivity contribution in [1.29, 1.82) is 0 Å². The number of ether oxygens (including phenoxy) is 1. The highest BCUT2D eigenvalue weighted by atomic mass is 16.5. The Morgan fingerprint density at radius 2 is 1.91 bits per heavy atom. The van der Waals surface area contributed by atoms with Gasteiger partial charge in [0.2, 0.25) is 0 Å². The highest BCUT2D eigenvalue weighted by Gasteiger charge is 2.40. The molecule has 2 aromatic carbocycles. The molecule has 3 N–H and O–H groups in total. The lowest BCUT2D eigenvalue weighted by Crippen LogP contribution is -2.40. The molecule has 1 saturated heterocycles. The number of benzene rings is 2. The number of rotatable bonds is 6. The monoisotopic (exact) mass is 438 g/mol. The van der Waals surface area contributed by atoms with Gasteiger partial charge in [-0.15, -0.1) is 0 Å². The Bertz CT molecular complexity index is 1150. The molecule has 1 aliphatic heterocycles. The molecule has 1 aliphatic rings. The van der Waals surface area contributed by atoms with Gasteiger partial charge >= 0.3 is 12.1 Å². The summed E-state index contributed by atoms with van der Waals surface area (Å²) in [5.41, 5.74) is 1.83. The van der Waals surface area contributed by atoms with Gasteiger partial charge in [-0.25, -0.2) is 9.59 Å². The van der Waals surface area contributed by atoms with Crippen LogP contribution in [0.15, 0.2) is 52.9 Å². The van der Waals surface area contributed by atoms with E-state index in [1.54, 1.807) is 25.1 Å². The van der Waals surface area contributed by atoms with E-state index in [0.717, 1.165) is 10.5 Å². The van der Waals surface area contributed by atoms with Gasteiger partial charge in [0.1, 0.15) is 29.7 Å². The van der Waals surface area contributed by atoms with E-state index >= 15 is 0 Å². The molecule has 0 spiro atoms. The fourth-order valence-corrected chi connectivity index (χ4v) is 3.96. The number of hydrogen-bond donors (Lipinski definition) is 3. The lowest BCUT2D eigenvalue weighted by Gasteiger charge is -2.16. The van der Waals surface area contributed by atoms with Crippen LogP contribution in [0.3, 0.4) is 0 Å². The normalized spacial score (nSPS) is 18.0. The van der Waals surface area contributed by atoms with Gasteiger partial charge in [0.15, 0.2) is 0 Å². The van der Waals surface area contributed by atoms with E-state index in [-0.39, 0.29) is 13.0 Å². The van der Waals surface area contributed by atoms with Crippen LogP contribution in [0.2, 0.25) is 0 Å². The molecule has 0 saturated carbocycles. The maximum Gasteiger partial charge on any atom is 0.408 e. The largest absolute Gasteiger partial charge is 0.489 e. The van der Waals surface area contributed by atoms with Crippen LogP contribution >= 0.6 is 0 Å². The lowest BCUT2D eigenvalue weighted by atomic mass is 10.1. The van der Waals surface area contributed by atoms with E-state index in [0.29, 0.717) is 34.6 Å². The first-order valence-corrected chi connectivity index (χ1v) is 10.1. The van der Waals surface area contributed by atoms with E-state index in [2.05, 4.69) is 5.32 Å². The van der Waals surface area contributed by atoms with Crippen molar-refractivity contribution in [1.82, 2.24) is 10.2 Å². The number of aryl methyl sites for hydroxylation is 1. The molecule has 9 heteroatoms. The molecule has 2 heterocycles. The number of nitrogens with zero attached hydrogens (tertiary/aromatic N) is 1. The fraction of sp³-hybridized carbons (Fsp3) is 0.261. The van der Waals surface area contributed by atoms with Crippen molar-refractivity contribution < 1.29 is 33.8 Å². The SMILES string of the molecule is Cc1oc2ccc(OCc3ccccc3)cc2c1C(=O)NC1CC(C(=O)O)N(C(=O)O)C1. The summed E-state index contributed by atoms with van der Waals surface area (Å²) in [5.74, 6) is -0.724. The fourth-order valence-electron chi connectivity index (χ4n) is 3.96. The number of aliphatic carboxylic acids is 1. The summed E-state index contributed by atoms with van der Waals surface area (Å²) in [6, 6.07) is 13.1. The molecule has 0 bridgehead atoms. The van der Waals surface area contributed by atoms with Crippen molar-refractivity contribution in [3.8, 4) is 5.75 Å². The van der Waals surface area contributed by atoms with Crippen LogP contribution in [0.1, 0.15) is 28.1 Å².